The molecule has 1 amide bonds. The number of aromatic nitrogens is 2. The highest BCUT2D eigenvalue weighted by molar-refractivity contribution is 5.67. The summed E-state index contributed by atoms with van der Waals surface area (Å²) in [5.74, 6) is 1.17. The summed E-state index contributed by atoms with van der Waals surface area (Å²) >= 11 is 0. The fourth-order valence-corrected chi connectivity index (χ4v) is 3.26. The fraction of sp³-hybridized carbons (Fsp3) is 0.722. The van der Waals surface area contributed by atoms with Crippen LogP contribution >= 0.6 is 0 Å². The Balaban J connectivity index is 1.55. The molecule has 0 aromatic carbocycles. The number of hydrogen-bond acceptors (Lipinski definition) is 7. The molecule has 8 heteroatoms. The molecule has 2 fully saturated rings. The van der Waals surface area contributed by atoms with Gasteiger partial charge in [0, 0.05) is 25.9 Å². The molecule has 0 saturated carbocycles. The molecular weight excluding hydrogens is 336 g/mol. The third-order valence-corrected chi connectivity index (χ3v) is 4.80. The molecule has 2 aliphatic rings. The molecule has 0 unspecified atom stereocenters. The van der Waals surface area contributed by atoms with Gasteiger partial charge in [0.2, 0.25) is 11.8 Å². The molecule has 1 N–H and O–H groups in total. The van der Waals surface area contributed by atoms with Crippen LogP contribution in [0.2, 0.25) is 0 Å². The Morgan fingerprint density at radius 1 is 1.12 bits per heavy atom. The molecule has 3 rings (SSSR count). The number of nitrogens with zero attached hydrogens (tertiary/aromatic N) is 3. The van der Waals surface area contributed by atoms with Gasteiger partial charge >= 0.3 is 6.09 Å². The van der Waals surface area contributed by atoms with Crippen LogP contribution < -0.4 is 14.8 Å². The topological polar surface area (TPSA) is 85.8 Å². The van der Waals surface area contributed by atoms with E-state index in [0.717, 1.165) is 44.3 Å². The summed E-state index contributed by atoms with van der Waals surface area (Å²) in [7, 11) is 0. The van der Waals surface area contributed by atoms with Crippen LogP contribution in [0.15, 0.2) is 6.33 Å². The van der Waals surface area contributed by atoms with Crippen molar-refractivity contribution < 1.29 is 19.0 Å². The van der Waals surface area contributed by atoms with E-state index in [-0.39, 0.29) is 18.3 Å². The summed E-state index contributed by atoms with van der Waals surface area (Å²) in [5.41, 5.74) is 0.832. The third-order valence-electron chi connectivity index (χ3n) is 4.80. The number of carbonyl (C=O) groups excluding carboxylic acids is 1. The highest BCUT2D eigenvalue weighted by Crippen LogP contribution is 2.27. The molecule has 144 valence electrons. The van der Waals surface area contributed by atoms with E-state index in [1.807, 2.05) is 13.8 Å². The Labute approximate surface area is 154 Å². The highest BCUT2D eigenvalue weighted by Gasteiger charge is 2.26. The second-order valence-electron chi connectivity index (χ2n) is 6.68. The quantitative estimate of drug-likeness (QED) is 0.854. The van der Waals surface area contributed by atoms with Gasteiger partial charge in [-0.2, -0.15) is 0 Å². The Hall–Kier alpha value is -2.09. The zero-order chi connectivity index (χ0) is 18.4. The maximum absolute atomic E-state index is 11.8. The van der Waals surface area contributed by atoms with E-state index < -0.39 is 0 Å². The van der Waals surface area contributed by atoms with Gasteiger partial charge in [0.25, 0.3) is 0 Å². The molecule has 2 saturated heterocycles. The van der Waals surface area contributed by atoms with E-state index in [1.165, 1.54) is 6.33 Å². The van der Waals surface area contributed by atoms with Crippen LogP contribution in [0.4, 0.5) is 4.79 Å². The maximum Gasteiger partial charge on any atom is 0.409 e. The van der Waals surface area contributed by atoms with Gasteiger partial charge in [-0.05, 0) is 39.8 Å². The molecule has 0 aliphatic carbocycles. The van der Waals surface area contributed by atoms with Gasteiger partial charge in [0.05, 0.1) is 12.2 Å². The summed E-state index contributed by atoms with van der Waals surface area (Å²) in [6.07, 6.45) is 4.93. The lowest BCUT2D eigenvalue weighted by molar-refractivity contribution is 0.0681. The van der Waals surface area contributed by atoms with Crippen molar-refractivity contribution in [2.75, 3.05) is 32.8 Å². The lowest BCUT2D eigenvalue weighted by atomic mass is 10.1. The van der Waals surface area contributed by atoms with Crippen LogP contribution in [0.5, 0.6) is 11.8 Å². The molecular formula is C18H28N4O4. The molecule has 0 radical (unpaired) electrons. The summed E-state index contributed by atoms with van der Waals surface area (Å²) in [5, 5.41) is 3.33. The highest BCUT2D eigenvalue weighted by atomic mass is 16.6. The fourth-order valence-electron chi connectivity index (χ4n) is 3.26. The summed E-state index contributed by atoms with van der Waals surface area (Å²) in [4.78, 5) is 22.1. The molecule has 0 spiro atoms. The first kappa shape index (κ1) is 18.7. The first-order valence-electron chi connectivity index (χ1n) is 9.44. The molecule has 2 aliphatic heterocycles. The largest absolute Gasteiger partial charge is 0.474 e. The van der Waals surface area contributed by atoms with Gasteiger partial charge in [0.15, 0.2) is 0 Å². The van der Waals surface area contributed by atoms with Crippen molar-refractivity contribution in [3.63, 3.8) is 0 Å². The molecule has 1 aromatic heterocycles. The van der Waals surface area contributed by atoms with Crippen molar-refractivity contribution in [2.45, 2.75) is 51.7 Å². The number of carbonyl (C=O) groups is 1. The maximum atomic E-state index is 11.8. The second kappa shape index (κ2) is 9.02. The van der Waals surface area contributed by atoms with Gasteiger partial charge in [-0.1, -0.05) is 0 Å². The van der Waals surface area contributed by atoms with Gasteiger partial charge in [0.1, 0.15) is 18.5 Å². The monoisotopic (exact) mass is 364 g/mol. The van der Waals surface area contributed by atoms with E-state index in [2.05, 4.69) is 15.3 Å². The molecule has 0 bridgehead atoms. The number of likely N-dealkylation sites (tertiary alicyclic amines) is 1. The molecule has 26 heavy (non-hydrogen) atoms. The average molecular weight is 364 g/mol. The van der Waals surface area contributed by atoms with Crippen LogP contribution in [0.25, 0.3) is 0 Å². The zero-order valence-electron chi connectivity index (χ0n) is 15.6. The minimum absolute atomic E-state index is 0.0287. The van der Waals surface area contributed by atoms with E-state index >= 15 is 0 Å². The van der Waals surface area contributed by atoms with Crippen molar-refractivity contribution in [1.82, 2.24) is 20.2 Å². The SMILES string of the molecule is CCOC(=O)N1CCC(Oc2ncnc(OC3CCNCC3)c2C)CC1. The lowest BCUT2D eigenvalue weighted by Crippen LogP contribution is -2.42. The molecule has 8 nitrogen and oxygen atoms in total. The standard InChI is InChI=1S/C18H28N4O4/c1-3-24-18(23)22-10-6-15(7-11-22)26-17-13(2)16(20-12-21-17)25-14-4-8-19-9-5-14/h12,14-15,19H,3-11H2,1-2H3. The number of nitrogens with one attached hydrogen (secondary N) is 1. The van der Waals surface area contributed by atoms with E-state index in [4.69, 9.17) is 14.2 Å². The Morgan fingerprint density at radius 3 is 2.27 bits per heavy atom. The van der Waals surface area contributed by atoms with Crippen molar-refractivity contribution >= 4 is 6.09 Å². The first-order valence-corrected chi connectivity index (χ1v) is 9.44. The number of amides is 1. The van der Waals surface area contributed by atoms with Crippen LogP contribution in [0.3, 0.4) is 0 Å². The van der Waals surface area contributed by atoms with E-state index in [9.17, 15) is 4.79 Å². The number of hydrogen-bond donors (Lipinski definition) is 1. The first-order chi connectivity index (χ1) is 12.7. The van der Waals surface area contributed by atoms with Crippen molar-refractivity contribution in [3.8, 4) is 11.8 Å². The van der Waals surface area contributed by atoms with Gasteiger partial charge in [-0.25, -0.2) is 14.8 Å². The summed E-state index contributed by atoms with van der Waals surface area (Å²) in [6.45, 7) is 7.34. The zero-order valence-corrected chi connectivity index (χ0v) is 15.6. The van der Waals surface area contributed by atoms with Gasteiger partial charge in [-0.15, -0.1) is 0 Å². The normalized spacial score (nSPS) is 19.2. The van der Waals surface area contributed by atoms with Crippen molar-refractivity contribution in [2.24, 2.45) is 0 Å². The van der Waals surface area contributed by atoms with Crippen LogP contribution in [0.1, 0.15) is 38.2 Å². The summed E-state index contributed by atoms with van der Waals surface area (Å²) < 4.78 is 17.2. The van der Waals surface area contributed by atoms with Crippen LogP contribution in [0, 0.1) is 6.92 Å². The average Bonchev–Trinajstić information content (AvgIpc) is 2.66. The van der Waals surface area contributed by atoms with E-state index in [1.54, 1.807) is 4.90 Å². The lowest BCUT2D eigenvalue weighted by Gasteiger charge is -2.31. The predicted octanol–water partition coefficient (Wildman–Crippen LogP) is 1.92. The molecule has 1 aromatic rings. The van der Waals surface area contributed by atoms with Crippen molar-refractivity contribution in [1.29, 1.82) is 0 Å². The summed E-state index contributed by atoms with van der Waals surface area (Å²) in [6, 6.07) is 0. The Bertz CT molecular complexity index is 599. The number of ether oxygens (including phenoxy) is 3. The van der Waals surface area contributed by atoms with Gasteiger partial charge in [-0.3, -0.25) is 0 Å². The minimum Gasteiger partial charge on any atom is -0.474 e. The minimum atomic E-state index is -0.248. The van der Waals surface area contributed by atoms with Gasteiger partial charge < -0.3 is 24.4 Å². The smallest absolute Gasteiger partial charge is 0.409 e. The number of piperidine rings is 2. The Morgan fingerprint density at radius 2 is 1.69 bits per heavy atom. The second-order valence-corrected chi connectivity index (χ2v) is 6.68. The van der Waals surface area contributed by atoms with Crippen LogP contribution in [-0.2, 0) is 4.74 Å². The molecule has 0 atom stereocenters. The predicted molar refractivity (Wildman–Crippen MR) is 95.5 cm³/mol. The van der Waals surface area contributed by atoms with Crippen molar-refractivity contribution in [3.05, 3.63) is 11.9 Å². The van der Waals surface area contributed by atoms with E-state index in [0.29, 0.717) is 31.5 Å². The third kappa shape index (κ3) is 4.75. The number of rotatable bonds is 5. The van der Waals surface area contributed by atoms with Crippen LogP contribution in [-0.4, -0.2) is 66.0 Å². The molecule has 3 heterocycles. The Kier molecular flexibility index (Phi) is 6.49.